The van der Waals surface area contributed by atoms with E-state index in [0.717, 1.165) is 0 Å². The molecule has 1 heterocycles. The normalized spacial score (nSPS) is 16.0. The first-order valence-electron chi connectivity index (χ1n) is 8.38. The van der Waals surface area contributed by atoms with E-state index in [2.05, 4.69) is 10.9 Å². The fourth-order valence-corrected chi connectivity index (χ4v) is 3.18. The molecule has 2 N–H and O–H groups in total. The number of benzene rings is 2. The summed E-state index contributed by atoms with van der Waals surface area (Å²) in [6.07, 6.45) is 0.0122. The molecule has 1 aliphatic rings. The molecule has 2 aromatic carbocycles. The minimum absolute atomic E-state index is 0.0122. The number of nitrogens with one attached hydrogen (secondary N) is 2. The van der Waals surface area contributed by atoms with Crippen LogP contribution in [0.25, 0.3) is 0 Å². The van der Waals surface area contributed by atoms with E-state index in [0.29, 0.717) is 27.0 Å². The number of hydrogen-bond acceptors (Lipinski definition) is 4. The van der Waals surface area contributed by atoms with Crippen LogP contribution < -0.4 is 20.5 Å². The molecule has 3 rings (SSSR count). The van der Waals surface area contributed by atoms with Crippen molar-refractivity contribution < 1.29 is 19.1 Å². The predicted molar refractivity (Wildman–Crippen MR) is 106 cm³/mol. The number of ether oxygens (including phenoxy) is 1. The lowest BCUT2D eigenvalue weighted by atomic mass is 10.1. The van der Waals surface area contributed by atoms with Gasteiger partial charge in [0.2, 0.25) is 11.8 Å². The van der Waals surface area contributed by atoms with Crippen LogP contribution in [0.4, 0.5) is 5.69 Å². The van der Waals surface area contributed by atoms with Crippen LogP contribution in [-0.4, -0.2) is 31.4 Å². The molecule has 1 fully saturated rings. The molecule has 0 aromatic heterocycles. The number of nitrogens with zero attached hydrogens (tertiary/aromatic N) is 1. The van der Waals surface area contributed by atoms with Gasteiger partial charge in [-0.2, -0.15) is 0 Å². The Morgan fingerprint density at radius 2 is 1.75 bits per heavy atom. The van der Waals surface area contributed by atoms with Crippen molar-refractivity contribution in [3.8, 4) is 5.75 Å². The number of halogens is 2. The Bertz CT molecular complexity index is 918. The van der Waals surface area contributed by atoms with Crippen molar-refractivity contribution in [3.63, 3.8) is 0 Å². The third kappa shape index (κ3) is 4.37. The first-order valence-corrected chi connectivity index (χ1v) is 9.14. The maximum absolute atomic E-state index is 12.4. The van der Waals surface area contributed by atoms with Gasteiger partial charge >= 0.3 is 0 Å². The van der Waals surface area contributed by atoms with Crippen LogP contribution in [-0.2, 0) is 9.59 Å². The molecule has 0 radical (unpaired) electrons. The van der Waals surface area contributed by atoms with E-state index in [1.54, 1.807) is 30.3 Å². The van der Waals surface area contributed by atoms with Gasteiger partial charge in [0.05, 0.1) is 18.7 Å². The summed E-state index contributed by atoms with van der Waals surface area (Å²) in [5.41, 5.74) is 5.55. The van der Waals surface area contributed by atoms with Crippen molar-refractivity contribution in [3.05, 3.63) is 58.1 Å². The van der Waals surface area contributed by atoms with Crippen molar-refractivity contribution in [1.29, 1.82) is 0 Å². The van der Waals surface area contributed by atoms with E-state index in [1.807, 2.05) is 0 Å². The smallest absolute Gasteiger partial charge is 0.269 e. The number of anilines is 1. The van der Waals surface area contributed by atoms with Gasteiger partial charge in [-0.1, -0.05) is 23.2 Å². The Kier molecular flexibility index (Phi) is 6.06. The molecule has 0 spiro atoms. The molecule has 0 aliphatic carbocycles. The second kappa shape index (κ2) is 8.50. The molecular weight excluding hydrogens is 405 g/mol. The quantitative estimate of drug-likeness (QED) is 0.742. The summed E-state index contributed by atoms with van der Waals surface area (Å²) in [7, 11) is 1.49. The number of hydrogen-bond donors (Lipinski definition) is 2. The molecule has 0 unspecified atom stereocenters. The molecule has 1 aliphatic heterocycles. The molecular formula is C19H17Cl2N3O4. The van der Waals surface area contributed by atoms with Gasteiger partial charge in [-0.3, -0.25) is 25.2 Å². The largest absolute Gasteiger partial charge is 0.495 e. The molecule has 1 atom stereocenters. The van der Waals surface area contributed by atoms with Crippen molar-refractivity contribution in [1.82, 2.24) is 10.9 Å². The van der Waals surface area contributed by atoms with E-state index in [1.165, 1.54) is 24.1 Å². The van der Waals surface area contributed by atoms with Gasteiger partial charge < -0.3 is 9.64 Å². The van der Waals surface area contributed by atoms with Gasteiger partial charge in [0.1, 0.15) is 5.75 Å². The minimum Gasteiger partial charge on any atom is -0.495 e. The van der Waals surface area contributed by atoms with E-state index in [9.17, 15) is 14.4 Å². The predicted octanol–water partition coefficient (Wildman–Crippen LogP) is 2.82. The number of rotatable bonds is 4. The van der Waals surface area contributed by atoms with Gasteiger partial charge in [-0.25, -0.2) is 0 Å². The zero-order chi connectivity index (χ0) is 20.3. The lowest BCUT2D eigenvalue weighted by Gasteiger charge is -2.20. The monoisotopic (exact) mass is 421 g/mol. The highest BCUT2D eigenvalue weighted by Gasteiger charge is 2.36. The molecule has 3 amide bonds. The van der Waals surface area contributed by atoms with Gasteiger partial charge in [0, 0.05) is 28.6 Å². The number of methoxy groups -OCH3 is 1. The Hall–Kier alpha value is -2.77. The van der Waals surface area contributed by atoms with Crippen molar-refractivity contribution in [2.75, 3.05) is 18.6 Å². The molecule has 2 aromatic rings. The van der Waals surface area contributed by atoms with Crippen LogP contribution in [0.1, 0.15) is 16.8 Å². The minimum atomic E-state index is -0.623. The first kappa shape index (κ1) is 20.0. The van der Waals surface area contributed by atoms with E-state index >= 15 is 0 Å². The summed E-state index contributed by atoms with van der Waals surface area (Å²) in [5.74, 6) is -1.32. The lowest BCUT2D eigenvalue weighted by molar-refractivity contribution is -0.126. The third-order valence-corrected chi connectivity index (χ3v) is 4.82. The summed E-state index contributed by atoms with van der Waals surface area (Å²) < 4.78 is 5.27. The third-order valence-electron chi connectivity index (χ3n) is 4.33. The summed E-state index contributed by atoms with van der Waals surface area (Å²) in [5, 5.41) is 0.952. The molecule has 7 nitrogen and oxygen atoms in total. The van der Waals surface area contributed by atoms with E-state index < -0.39 is 17.7 Å². The van der Waals surface area contributed by atoms with Gasteiger partial charge in [0.25, 0.3) is 5.91 Å². The maximum Gasteiger partial charge on any atom is 0.269 e. The molecule has 0 saturated carbocycles. The zero-order valence-corrected chi connectivity index (χ0v) is 16.4. The van der Waals surface area contributed by atoms with Crippen LogP contribution in [0.3, 0.4) is 0 Å². The molecule has 1 saturated heterocycles. The van der Waals surface area contributed by atoms with Crippen LogP contribution >= 0.6 is 23.2 Å². The zero-order valence-electron chi connectivity index (χ0n) is 14.9. The SMILES string of the molecule is COc1ccc(Cl)cc1N1C[C@@H](C(=O)NNC(=O)c2ccc(Cl)cc2)CC1=O. The number of carbonyl (C=O) groups is 3. The van der Waals surface area contributed by atoms with Gasteiger partial charge in [0.15, 0.2) is 0 Å². The topological polar surface area (TPSA) is 87.7 Å². The highest BCUT2D eigenvalue weighted by molar-refractivity contribution is 6.31. The molecule has 9 heteroatoms. The Morgan fingerprint density at radius 3 is 2.43 bits per heavy atom. The van der Waals surface area contributed by atoms with Gasteiger partial charge in [-0.05, 0) is 42.5 Å². The van der Waals surface area contributed by atoms with E-state index in [4.69, 9.17) is 27.9 Å². The Morgan fingerprint density at radius 1 is 1.07 bits per heavy atom. The Labute approximate surface area is 171 Å². The van der Waals surface area contributed by atoms with Crippen LogP contribution in [0.15, 0.2) is 42.5 Å². The number of amides is 3. The summed E-state index contributed by atoms with van der Waals surface area (Å²) in [6.45, 7) is 0.151. The second-order valence-corrected chi connectivity index (χ2v) is 7.04. The fourth-order valence-electron chi connectivity index (χ4n) is 2.88. The van der Waals surface area contributed by atoms with Crippen LogP contribution in [0.5, 0.6) is 5.75 Å². The standard InChI is InChI=1S/C19H17Cl2N3O4/c1-28-16-7-6-14(21)9-15(16)24-10-12(8-17(24)25)19(27)23-22-18(26)11-2-4-13(20)5-3-11/h2-7,9,12H,8,10H2,1H3,(H,22,26)(H,23,27)/t12-/m0/s1. The van der Waals surface area contributed by atoms with Gasteiger partial charge in [-0.15, -0.1) is 0 Å². The van der Waals surface area contributed by atoms with Crippen molar-refractivity contribution in [2.45, 2.75) is 6.42 Å². The van der Waals surface area contributed by atoms with E-state index in [-0.39, 0.29) is 18.9 Å². The summed E-state index contributed by atoms with van der Waals surface area (Å²) in [6, 6.07) is 11.1. The lowest BCUT2D eigenvalue weighted by Crippen LogP contribution is -2.45. The number of carbonyl (C=O) groups excluding carboxylic acids is 3. The summed E-state index contributed by atoms with van der Waals surface area (Å²) in [4.78, 5) is 38.3. The maximum atomic E-state index is 12.4. The number of hydrazine groups is 1. The molecule has 146 valence electrons. The summed E-state index contributed by atoms with van der Waals surface area (Å²) >= 11 is 11.8. The molecule has 0 bridgehead atoms. The molecule has 28 heavy (non-hydrogen) atoms. The highest BCUT2D eigenvalue weighted by Crippen LogP contribution is 2.35. The highest BCUT2D eigenvalue weighted by atomic mass is 35.5. The Balaban J connectivity index is 1.63. The first-order chi connectivity index (χ1) is 13.4. The fraction of sp³-hybridized carbons (Fsp3) is 0.211. The van der Waals surface area contributed by atoms with Crippen molar-refractivity contribution >= 4 is 46.6 Å². The second-order valence-electron chi connectivity index (χ2n) is 6.17. The average Bonchev–Trinajstić information content (AvgIpc) is 3.08. The van der Waals surface area contributed by atoms with Crippen molar-refractivity contribution in [2.24, 2.45) is 5.92 Å². The van der Waals surface area contributed by atoms with Crippen LogP contribution in [0, 0.1) is 5.92 Å². The van der Waals surface area contributed by atoms with Crippen LogP contribution in [0.2, 0.25) is 10.0 Å². The average molecular weight is 422 g/mol.